The molecule has 2 N–H and O–H groups in total. The summed E-state index contributed by atoms with van der Waals surface area (Å²) in [5.41, 5.74) is 6.83. The molecule has 58 valence electrons. The highest BCUT2D eigenvalue weighted by Crippen LogP contribution is 2.15. The van der Waals surface area contributed by atoms with Crippen LogP contribution in [0.3, 0.4) is 0 Å². The van der Waals surface area contributed by atoms with Crippen LogP contribution in [0.4, 0.5) is 0 Å². The van der Waals surface area contributed by atoms with Crippen LogP contribution < -0.4 is 5.73 Å². The molecule has 0 aliphatic rings. The average molecular weight is 261 g/mol. The number of carbonyl (C=O) groups is 1. The van der Waals surface area contributed by atoms with E-state index in [4.69, 9.17) is 5.73 Å². The molecule has 1 rings (SSSR count). The van der Waals surface area contributed by atoms with Gasteiger partial charge in [0.15, 0.2) is 0 Å². The minimum absolute atomic E-state index is 0.363. The first kappa shape index (κ1) is 8.52. The largest absolute Gasteiger partial charge is 0.366 e. The van der Waals surface area contributed by atoms with Gasteiger partial charge in [0.1, 0.15) is 0 Å². The predicted octanol–water partition coefficient (Wildman–Crippen LogP) is 1.70. The van der Waals surface area contributed by atoms with Crippen LogP contribution in [0.1, 0.15) is 15.9 Å². The molecule has 0 bridgehead atoms. The smallest absolute Gasteiger partial charge is 0.249 e. The van der Waals surface area contributed by atoms with Gasteiger partial charge in [-0.15, -0.1) is 0 Å². The number of hydrogen-bond acceptors (Lipinski definition) is 1. The monoisotopic (exact) mass is 261 g/mol. The minimum atomic E-state index is -0.363. The van der Waals surface area contributed by atoms with Crippen molar-refractivity contribution in [1.29, 1.82) is 0 Å². The van der Waals surface area contributed by atoms with Gasteiger partial charge in [-0.25, -0.2) is 0 Å². The molecule has 0 atom stereocenters. The summed E-state index contributed by atoms with van der Waals surface area (Å²) in [6.45, 7) is 1.95. The van der Waals surface area contributed by atoms with Gasteiger partial charge in [-0.3, -0.25) is 4.79 Å². The highest BCUT2D eigenvalue weighted by molar-refractivity contribution is 14.1. The predicted molar refractivity (Wildman–Crippen MR) is 52.4 cm³/mol. The van der Waals surface area contributed by atoms with Gasteiger partial charge in [-0.1, -0.05) is 12.1 Å². The first-order valence-electron chi connectivity index (χ1n) is 3.18. The third-order valence-corrected chi connectivity index (χ3v) is 2.89. The molecule has 1 aromatic carbocycles. The second kappa shape index (κ2) is 3.21. The van der Waals surface area contributed by atoms with Gasteiger partial charge in [0.2, 0.25) is 5.91 Å². The van der Waals surface area contributed by atoms with Crippen molar-refractivity contribution in [2.45, 2.75) is 6.92 Å². The summed E-state index contributed by atoms with van der Waals surface area (Å²) in [5, 5.41) is 0. The van der Waals surface area contributed by atoms with E-state index in [1.807, 2.05) is 19.1 Å². The van der Waals surface area contributed by atoms with Crippen molar-refractivity contribution >= 4 is 28.5 Å². The van der Waals surface area contributed by atoms with Gasteiger partial charge in [-0.2, -0.15) is 0 Å². The van der Waals surface area contributed by atoms with Crippen molar-refractivity contribution in [3.63, 3.8) is 0 Å². The van der Waals surface area contributed by atoms with E-state index in [0.717, 1.165) is 9.13 Å². The molecule has 0 aliphatic heterocycles. The Morgan fingerprint density at radius 2 is 2.18 bits per heavy atom. The number of amides is 1. The topological polar surface area (TPSA) is 43.1 Å². The normalized spacial score (nSPS) is 9.64. The molecule has 3 heteroatoms. The third-order valence-electron chi connectivity index (χ3n) is 1.46. The highest BCUT2D eigenvalue weighted by atomic mass is 127. The fourth-order valence-electron chi connectivity index (χ4n) is 0.838. The Balaban J connectivity index is 3.27. The van der Waals surface area contributed by atoms with Crippen LogP contribution in [0.25, 0.3) is 0 Å². The van der Waals surface area contributed by atoms with E-state index in [2.05, 4.69) is 22.6 Å². The molecule has 0 aromatic heterocycles. The van der Waals surface area contributed by atoms with Crippen molar-refractivity contribution in [3.8, 4) is 0 Å². The molecule has 0 saturated carbocycles. The van der Waals surface area contributed by atoms with Crippen molar-refractivity contribution in [3.05, 3.63) is 32.9 Å². The Labute approximate surface area is 78.9 Å². The summed E-state index contributed by atoms with van der Waals surface area (Å²) in [4.78, 5) is 10.8. The zero-order valence-electron chi connectivity index (χ0n) is 6.10. The van der Waals surface area contributed by atoms with Crippen molar-refractivity contribution in [1.82, 2.24) is 0 Å². The molecule has 1 aromatic rings. The Hall–Kier alpha value is -0.580. The first-order chi connectivity index (χ1) is 5.13. The zero-order chi connectivity index (χ0) is 8.43. The molecule has 11 heavy (non-hydrogen) atoms. The van der Waals surface area contributed by atoms with Gasteiger partial charge in [0.25, 0.3) is 0 Å². The summed E-state index contributed by atoms with van der Waals surface area (Å²) in [6.07, 6.45) is 0. The molecular formula is C8H8INO. The molecule has 2 nitrogen and oxygen atoms in total. The first-order valence-corrected chi connectivity index (χ1v) is 4.25. The van der Waals surface area contributed by atoms with Crippen LogP contribution in [0.2, 0.25) is 0 Å². The van der Waals surface area contributed by atoms with Crippen LogP contribution in [0.15, 0.2) is 18.2 Å². The van der Waals surface area contributed by atoms with Crippen molar-refractivity contribution in [2.75, 3.05) is 0 Å². The number of rotatable bonds is 1. The Morgan fingerprint density at radius 1 is 1.55 bits per heavy atom. The maximum Gasteiger partial charge on any atom is 0.249 e. The Bertz CT molecular complexity index is 296. The molecule has 0 heterocycles. The Kier molecular flexibility index (Phi) is 2.49. The van der Waals surface area contributed by atoms with Gasteiger partial charge < -0.3 is 5.73 Å². The lowest BCUT2D eigenvalue weighted by Gasteiger charge is -2.01. The maximum absolute atomic E-state index is 10.8. The van der Waals surface area contributed by atoms with E-state index < -0.39 is 0 Å². The molecule has 0 spiro atoms. The number of carbonyl (C=O) groups excluding carboxylic acids is 1. The van der Waals surface area contributed by atoms with E-state index in [1.54, 1.807) is 6.07 Å². The van der Waals surface area contributed by atoms with Gasteiger partial charge in [-0.05, 0) is 41.1 Å². The third kappa shape index (κ3) is 1.71. The number of benzene rings is 1. The summed E-state index contributed by atoms with van der Waals surface area (Å²) in [7, 11) is 0. The highest BCUT2D eigenvalue weighted by Gasteiger charge is 2.05. The van der Waals surface area contributed by atoms with Gasteiger partial charge >= 0.3 is 0 Å². The van der Waals surface area contributed by atoms with Gasteiger partial charge in [0.05, 0.1) is 5.56 Å². The van der Waals surface area contributed by atoms with E-state index in [-0.39, 0.29) is 5.91 Å². The average Bonchev–Trinajstić information content (AvgIpc) is 1.94. The second-order valence-corrected chi connectivity index (χ2v) is 3.38. The number of nitrogens with two attached hydrogens (primary N) is 1. The number of halogens is 1. The van der Waals surface area contributed by atoms with E-state index in [0.29, 0.717) is 5.56 Å². The van der Waals surface area contributed by atoms with Crippen LogP contribution in [-0.4, -0.2) is 5.91 Å². The maximum atomic E-state index is 10.8. The second-order valence-electron chi connectivity index (χ2n) is 2.30. The fraction of sp³-hybridized carbons (Fsp3) is 0.125. The van der Waals surface area contributed by atoms with Crippen LogP contribution in [0.5, 0.6) is 0 Å². The van der Waals surface area contributed by atoms with Crippen molar-refractivity contribution in [2.24, 2.45) is 5.73 Å². The molecule has 1 amide bonds. The molecular weight excluding hydrogens is 253 g/mol. The summed E-state index contributed by atoms with van der Waals surface area (Å²) < 4.78 is 0.942. The van der Waals surface area contributed by atoms with E-state index >= 15 is 0 Å². The summed E-state index contributed by atoms with van der Waals surface area (Å²) in [6, 6.07) is 5.52. The van der Waals surface area contributed by atoms with Crippen LogP contribution in [-0.2, 0) is 0 Å². The van der Waals surface area contributed by atoms with Crippen LogP contribution in [0, 0.1) is 10.5 Å². The molecule has 0 radical (unpaired) electrons. The lowest BCUT2D eigenvalue weighted by molar-refractivity contribution is 0.0999. The quantitative estimate of drug-likeness (QED) is 0.768. The van der Waals surface area contributed by atoms with Gasteiger partial charge in [0, 0.05) is 3.57 Å². The minimum Gasteiger partial charge on any atom is -0.366 e. The van der Waals surface area contributed by atoms with Crippen LogP contribution >= 0.6 is 22.6 Å². The molecule has 0 saturated heterocycles. The number of aryl methyl sites for hydroxylation is 1. The summed E-state index contributed by atoms with van der Waals surface area (Å²) in [5.74, 6) is -0.363. The van der Waals surface area contributed by atoms with E-state index in [1.165, 1.54) is 0 Å². The fourth-order valence-corrected chi connectivity index (χ4v) is 1.46. The van der Waals surface area contributed by atoms with Crippen molar-refractivity contribution < 1.29 is 4.79 Å². The Morgan fingerprint density at radius 3 is 2.64 bits per heavy atom. The standard InChI is InChI=1S/C8H8INO/c1-5-3-2-4-6(7(5)9)8(10)11/h2-4H,1H3,(H2,10,11). The lowest BCUT2D eigenvalue weighted by Crippen LogP contribution is -2.13. The number of primary amides is 1. The zero-order valence-corrected chi connectivity index (χ0v) is 8.25. The SMILES string of the molecule is Cc1cccc(C(N)=O)c1I. The lowest BCUT2D eigenvalue weighted by atomic mass is 10.1. The number of hydrogen-bond donors (Lipinski definition) is 1. The summed E-state index contributed by atoms with van der Waals surface area (Å²) >= 11 is 2.12. The molecule has 0 fully saturated rings. The molecule has 0 unspecified atom stereocenters. The van der Waals surface area contributed by atoms with E-state index in [9.17, 15) is 4.79 Å². The molecule has 0 aliphatic carbocycles.